The number of piperidine rings is 1. The smallest absolute Gasteiger partial charge is 0.250 e. The number of carbonyl (C=O) groups is 2. The monoisotopic (exact) mass is 365 g/mol. The van der Waals surface area contributed by atoms with Gasteiger partial charge in [0.15, 0.2) is 0 Å². The third kappa shape index (κ3) is 2.85. The Morgan fingerprint density at radius 3 is 2.70 bits per heavy atom. The number of fused-ring (bicyclic) bond motifs is 2. The minimum atomic E-state index is -0.636. The molecule has 6 heteroatoms. The fourth-order valence-corrected chi connectivity index (χ4v) is 4.40. The second-order valence-corrected chi connectivity index (χ2v) is 7.36. The molecule has 3 heterocycles. The van der Waals surface area contributed by atoms with Crippen molar-refractivity contribution in [2.45, 2.75) is 31.2 Å². The van der Waals surface area contributed by atoms with Crippen molar-refractivity contribution in [1.29, 1.82) is 0 Å². The van der Waals surface area contributed by atoms with Crippen LogP contribution in [0.1, 0.15) is 24.8 Å². The van der Waals surface area contributed by atoms with Crippen molar-refractivity contribution in [2.75, 3.05) is 25.0 Å². The number of likely N-dealkylation sites (tertiary alicyclic amines) is 1. The number of rotatable bonds is 3. The number of likely N-dealkylation sites (N-methyl/N-ethyl adjacent to an activating group) is 1. The summed E-state index contributed by atoms with van der Waals surface area (Å²) in [4.78, 5) is 41.2. The first-order valence-electron chi connectivity index (χ1n) is 9.34. The van der Waals surface area contributed by atoms with Crippen molar-refractivity contribution in [2.24, 2.45) is 0 Å². The summed E-state index contributed by atoms with van der Waals surface area (Å²) in [6.07, 6.45) is 3.50. The summed E-state index contributed by atoms with van der Waals surface area (Å²) < 4.78 is 1.54. The van der Waals surface area contributed by atoms with E-state index >= 15 is 0 Å². The Labute approximate surface area is 158 Å². The average Bonchev–Trinajstić information content (AvgIpc) is 2.90. The maximum absolute atomic E-state index is 13.1. The first-order chi connectivity index (χ1) is 13.0. The van der Waals surface area contributed by atoms with E-state index in [0.29, 0.717) is 19.6 Å². The number of carbonyl (C=O) groups excluding carboxylic acids is 2. The second-order valence-electron chi connectivity index (χ2n) is 7.36. The molecular formula is C21H23N3O3. The summed E-state index contributed by atoms with van der Waals surface area (Å²) in [6, 6.07) is 12.8. The molecule has 4 rings (SSSR count). The van der Waals surface area contributed by atoms with Gasteiger partial charge in [-0.05, 0) is 30.5 Å². The molecule has 140 valence electrons. The van der Waals surface area contributed by atoms with Gasteiger partial charge < -0.3 is 14.4 Å². The highest BCUT2D eigenvalue weighted by atomic mass is 16.2. The Balaban J connectivity index is 1.53. The molecule has 2 aromatic rings. The lowest BCUT2D eigenvalue weighted by Crippen LogP contribution is -2.53. The van der Waals surface area contributed by atoms with Gasteiger partial charge in [0.2, 0.25) is 11.8 Å². The summed E-state index contributed by atoms with van der Waals surface area (Å²) in [5.74, 6) is 0.0603. The van der Waals surface area contributed by atoms with Gasteiger partial charge in [0.1, 0.15) is 0 Å². The molecule has 27 heavy (non-hydrogen) atoms. The summed E-state index contributed by atoms with van der Waals surface area (Å²) in [7, 11) is 1.80. The topological polar surface area (TPSA) is 62.6 Å². The molecular weight excluding hydrogens is 342 g/mol. The normalized spacial score (nSPS) is 21.6. The van der Waals surface area contributed by atoms with Crippen LogP contribution in [-0.2, 0) is 21.5 Å². The van der Waals surface area contributed by atoms with Gasteiger partial charge in [0.05, 0.1) is 5.41 Å². The third-order valence-electron chi connectivity index (χ3n) is 5.81. The van der Waals surface area contributed by atoms with Crippen LogP contribution in [0.15, 0.2) is 53.5 Å². The van der Waals surface area contributed by atoms with Gasteiger partial charge in [-0.25, -0.2) is 0 Å². The molecule has 1 fully saturated rings. The molecule has 1 atom stereocenters. The van der Waals surface area contributed by atoms with Crippen LogP contribution >= 0.6 is 0 Å². The number of anilines is 1. The summed E-state index contributed by atoms with van der Waals surface area (Å²) in [5, 5.41) is 0. The van der Waals surface area contributed by atoms with E-state index in [4.69, 9.17) is 0 Å². The molecule has 1 saturated heterocycles. The van der Waals surface area contributed by atoms with Crippen LogP contribution in [0.25, 0.3) is 0 Å². The Hall–Kier alpha value is -2.89. The molecule has 0 aliphatic carbocycles. The fourth-order valence-electron chi connectivity index (χ4n) is 4.40. The largest absolute Gasteiger partial charge is 0.341 e. The van der Waals surface area contributed by atoms with E-state index in [2.05, 4.69) is 0 Å². The zero-order chi connectivity index (χ0) is 19.0. The highest BCUT2D eigenvalue weighted by molar-refractivity contribution is 6.08. The molecule has 2 amide bonds. The Kier molecular flexibility index (Phi) is 4.34. The van der Waals surface area contributed by atoms with Crippen molar-refractivity contribution in [1.82, 2.24) is 9.47 Å². The fraction of sp³-hybridized carbons (Fsp3) is 0.381. The van der Waals surface area contributed by atoms with Crippen molar-refractivity contribution >= 4 is 17.5 Å². The summed E-state index contributed by atoms with van der Waals surface area (Å²) in [6.45, 7) is 1.42. The minimum Gasteiger partial charge on any atom is -0.341 e. The SMILES string of the molecule is CN1C(=O)[C@]2(CCCN(C(=O)CCn3ccccc3=O)C2)c2ccccc21. The van der Waals surface area contributed by atoms with Gasteiger partial charge in [0.25, 0.3) is 5.56 Å². The quantitative estimate of drug-likeness (QED) is 0.833. The molecule has 0 saturated carbocycles. The van der Waals surface area contributed by atoms with Gasteiger partial charge in [0, 0.05) is 51.1 Å². The number of benzene rings is 1. The minimum absolute atomic E-state index is 0.00957. The van der Waals surface area contributed by atoms with Gasteiger partial charge >= 0.3 is 0 Å². The lowest BCUT2D eigenvalue weighted by atomic mass is 9.75. The Morgan fingerprint density at radius 2 is 1.89 bits per heavy atom. The van der Waals surface area contributed by atoms with Crippen molar-refractivity contribution in [3.63, 3.8) is 0 Å². The van der Waals surface area contributed by atoms with E-state index in [9.17, 15) is 14.4 Å². The predicted molar refractivity (Wildman–Crippen MR) is 103 cm³/mol. The molecule has 0 unspecified atom stereocenters. The lowest BCUT2D eigenvalue weighted by Gasteiger charge is -2.39. The molecule has 1 aromatic carbocycles. The molecule has 0 N–H and O–H groups in total. The van der Waals surface area contributed by atoms with Gasteiger partial charge in [-0.15, -0.1) is 0 Å². The number of aryl methyl sites for hydroxylation is 1. The van der Waals surface area contributed by atoms with Crippen LogP contribution in [0, 0.1) is 0 Å². The van der Waals surface area contributed by atoms with Gasteiger partial charge in [-0.3, -0.25) is 14.4 Å². The maximum atomic E-state index is 13.1. The van der Waals surface area contributed by atoms with E-state index in [1.165, 1.54) is 6.07 Å². The van der Waals surface area contributed by atoms with Crippen LogP contribution in [0.2, 0.25) is 0 Å². The number of hydrogen-bond donors (Lipinski definition) is 0. The molecule has 2 aliphatic heterocycles. The van der Waals surface area contributed by atoms with Crippen LogP contribution in [0.3, 0.4) is 0 Å². The van der Waals surface area contributed by atoms with Crippen LogP contribution in [0.4, 0.5) is 5.69 Å². The third-order valence-corrected chi connectivity index (χ3v) is 5.81. The number of amides is 2. The number of nitrogens with zero attached hydrogens (tertiary/aromatic N) is 3. The van der Waals surface area contributed by atoms with Crippen molar-refractivity contribution in [3.05, 3.63) is 64.6 Å². The number of para-hydroxylation sites is 1. The summed E-state index contributed by atoms with van der Waals surface area (Å²) in [5.41, 5.74) is 1.21. The van der Waals surface area contributed by atoms with Gasteiger partial charge in [-0.1, -0.05) is 24.3 Å². The van der Waals surface area contributed by atoms with E-state index in [1.54, 1.807) is 39.7 Å². The number of pyridine rings is 1. The molecule has 6 nitrogen and oxygen atoms in total. The lowest BCUT2D eigenvalue weighted by molar-refractivity contribution is -0.136. The zero-order valence-electron chi connectivity index (χ0n) is 15.4. The highest BCUT2D eigenvalue weighted by Crippen LogP contribution is 2.46. The van der Waals surface area contributed by atoms with Gasteiger partial charge in [-0.2, -0.15) is 0 Å². The molecule has 2 aliphatic rings. The standard InChI is InChI=1S/C21H23N3O3/c1-22-17-8-3-2-7-16(17)21(20(22)27)11-6-13-24(15-21)19(26)10-14-23-12-5-4-9-18(23)25/h2-5,7-9,12H,6,10-11,13-15H2,1H3/t21-/m0/s1. The predicted octanol–water partition coefficient (Wildman–Crippen LogP) is 1.78. The maximum Gasteiger partial charge on any atom is 0.250 e. The van der Waals surface area contributed by atoms with E-state index in [1.807, 2.05) is 24.3 Å². The Morgan fingerprint density at radius 1 is 1.11 bits per heavy atom. The highest BCUT2D eigenvalue weighted by Gasteiger charge is 2.52. The molecule has 0 bridgehead atoms. The average molecular weight is 365 g/mol. The summed E-state index contributed by atoms with van der Waals surface area (Å²) >= 11 is 0. The van der Waals surface area contributed by atoms with E-state index in [-0.39, 0.29) is 23.8 Å². The zero-order valence-corrected chi connectivity index (χ0v) is 15.4. The van der Waals surface area contributed by atoms with Crippen LogP contribution in [-0.4, -0.2) is 41.4 Å². The molecule has 0 radical (unpaired) electrons. The van der Waals surface area contributed by atoms with E-state index < -0.39 is 5.41 Å². The Bertz CT molecular complexity index is 951. The number of hydrogen-bond acceptors (Lipinski definition) is 3. The second kappa shape index (κ2) is 6.68. The molecule has 1 spiro atoms. The first kappa shape index (κ1) is 17.5. The molecule has 1 aromatic heterocycles. The van der Waals surface area contributed by atoms with Crippen LogP contribution in [0.5, 0.6) is 0 Å². The van der Waals surface area contributed by atoms with E-state index in [0.717, 1.165) is 24.1 Å². The van der Waals surface area contributed by atoms with Crippen LogP contribution < -0.4 is 10.5 Å². The van der Waals surface area contributed by atoms with Crippen molar-refractivity contribution in [3.8, 4) is 0 Å². The first-order valence-corrected chi connectivity index (χ1v) is 9.34. The number of aromatic nitrogens is 1. The van der Waals surface area contributed by atoms with Crippen molar-refractivity contribution < 1.29 is 9.59 Å².